The molecule has 1 aliphatic rings. The van der Waals surface area contributed by atoms with Crippen LogP contribution in [0.25, 0.3) is 0 Å². The van der Waals surface area contributed by atoms with Crippen molar-refractivity contribution in [3.8, 4) is 0 Å². The molecule has 4 atom stereocenters. The molecule has 0 aromatic heterocycles. The summed E-state index contributed by atoms with van der Waals surface area (Å²) in [5, 5.41) is 55.6. The van der Waals surface area contributed by atoms with Crippen LogP contribution in [0.1, 0.15) is 6.42 Å². The lowest BCUT2D eigenvalue weighted by Gasteiger charge is -2.41. The molecule has 1 rings (SSSR count). The molecular formula is C9H18O7. The summed E-state index contributed by atoms with van der Waals surface area (Å²) in [6, 6.07) is 0. The molecule has 0 bridgehead atoms. The molecule has 4 unspecified atom stereocenters. The molecule has 0 heterocycles. The first-order chi connectivity index (χ1) is 7.50. The highest BCUT2D eigenvalue weighted by Crippen LogP contribution is 2.23. The van der Waals surface area contributed by atoms with Gasteiger partial charge < -0.3 is 35.4 Å². The van der Waals surface area contributed by atoms with E-state index in [9.17, 15) is 25.5 Å². The number of ether oxygens (including phenoxy) is 1. The van der Waals surface area contributed by atoms with E-state index in [0.717, 1.165) is 0 Å². The molecule has 0 radical (unpaired) electrons. The van der Waals surface area contributed by atoms with E-state index in [1.165, 1.54) is 0 Å². The fourth-order valence-electron chi connectivity index (χ4n) is 1.68. The van der Waals surface area contributed by atoms with Crippen LogP contribution in [0.5, 0.6) is 0 Å². The minimum Gasteiger partial charge on any atom is -0.396 e. The second-order valence-corrected chi connectivity index (χ2v) is 3.87. The van der Waals surface area contributed by atoms with Crippen molar-refractivity contribution in [1.82, 2.24) is 0 Å². The molecule has 7 nitrogen and oxygen atoms in total. The Kier molecular flexibility index (Phi) is 5.06. The summed E-state index contributed by atoms with van der Waals surface area (Å²) in [6.45, 7) is -0.0303. The van der Waals surface area contributed by atoms with Crippen LogP contribution in [0.4, 0.5) is 0 Å². The quantitative estimate of drug-likeness (QED) is 0.281. The molecular weight excluding hydrogens is 220 g/mol. The van der Waals surface area contributed by atoms with Crippen molar-refractivity contribution in [2.45, 2.75) is 43.0 Å². The molecule has 0 amide bonds. The molecule has 0 saturated heterocycles. The van der Waals surface area contributed by atoms with Gasteiger partial charge >= 0.3 is 0 Å². The maximum absolute atomic E-state index is 9.53. The third-order valence-electron chi connectivity index (χ3n) is 2.69. The van der Waals surface area contributed by atoms with Gasteiger partial charge in [-0.15, -0.1) is 0 Å². The monoisotopic (exact) mass is 238 g/mol. The van der Waals surface area contributed by atoms with Crippen molar-refractivity contribution in [3.63, 3.8) is 0 Å². The van der Waals surface area contributed by atoms with Crippen molar-refractivity contribution < 1.29 is 35.4 Å². The first kappa shape index (κ1) is 13.8. The summed E-state index contributed by atoms with van der Waals surface area (Å²) in [6.07, 6.45) is -8.58. The van der Waals surface area contributed by atoms with E-state index in [1.54, 1.807) is 0 Å². The van der Waals surface area contributed by atoms with Crippen LogP contribution in [0.15, 0.2) is 0 Å². The molecule has 16 heavy (non-hydrogen) atoms. The molecule has 1 saturated carbocycles. The number of hydrogen-bond acceptors (Lipinski definition) is 7. The van der Waals surface area contributed by atoms with Gasteiger partial charge in [-0.2, -0.15) is 0 Å². The highest BCUT2D eigenvalue weighted by Gasteiger charge is 2.48. The van der Waals surface area contributed by atoms with Gasteiger partial charge in [-0.1, -0.05) is 0 Å². The van der Waals surface area contributed by atoms with E-state index in [4.69, 9.17) is 9.84 Å². The third kappa shape index (κ3) is 2.69. The molecule has 0 spiro atoms. The molecule has 1 aliphatic carbocycles. The fraction of sp³-hybridized carbons (Fsp3) is 1.00. The zero-order valence-corrected chi connectivity index (χ0v) is 8.68. The Bertz CT molecular complexity index is 196. The second-order valence-electron chi connectivity index (χ2n) is 3.87. The van der Waals surface area contributed by atoms with Gasteiger partial charge in [0.15, 0.2) is 0 Å². The van der Waals surface area contributed by atoms with Crippen molar-refractivity contribution in [2.24, 2.45) is 0 Å². The van der Waals surface area contributed by atoms with Crippen LogP contribution in [0, 0.1) is 0 Å². The minimum absolute atomic E-state index is 0.0742. The molecule has 6 N–H and O–H groups in total. The molecule has 0 aromatic rings. The predicted octanol–water partition coefficient (Wildman–Crippen LogP) is -3.43. The topological polar surface area (TPSA) is 131 Å². The number of rotatable bonds is 4. The molecule has 0 aliphatic heterocycles. The lowest BCUT2D eigenvalue weighted by molar-refractivity contribution is -0.235. The zero-order chi connectivity index (χ0) is 12.3. The highest BCUT2D eigenvalue weighted by molar-refractivity contribution is 4.99. The SMILES string of the molecule is OCCCO[C@H]1C(O)C(O)[C@@H](O)C(O)C1O. The number of aliphatic hydroxyl groups is 6. The van der Waals surface area contributed by atoms with Gasteiger partial charge in [-0.3, -0.25) is 0 Å². The van der Waals surface area contributed by atoms with Crippen LogP contribution in [-0.4, -0.2) is 80.5 Å². The third-order valence-corrected chi connectivity index (χ3v) is 2.69. The molecule has 1 fully saturated rings. The Hall–Kier alpha value is -0.280. The highest BCUT2D eigenvalue weighted by atomic mass is 16.5. The average molecular weight is 238 g/mol. The summed E-state index contributed by atoms with van der Waals surface area (Å²) in [5.74, 6) is 0. The minimum atomic E-state index is -1.61. The average Bonchev–Trinajstić information content (AvgIpc) is 2.28. The zero-order valence-electron chi connectivity index (χ0n) is 8.68. The van der Waals surface area contributed by atoms with Crippen LogP contribution < -0.4 is 0 Å². The first-order valence-corrected chi connectivity index (χ1v) is 5.13. The summed E-state index contributed by atoms with van der Waals surface area (Å²) < 4.78 is 5.05. The van der Waals surface area contributed by atoms with Gasteiger partial charge in [-0.05, 0) is 6.42 Å². The van der Waals surface area contributed by atoms with Crippen molar-refractivity contribution in [2.75, 3.05) is 13.2 Å². The molecule has 96 valence electrons. The van der Waals surface area contributed by atoms with Crippen molar-refractivity contribution >= 4 is 0 Å². The van der Waals surface area contributed by atoms with Gasteiger partial charge in [-0.25, -0.2) is 0 Å². The van der Waals surface area contributed by atoms with E-state index in [-0.39, 0.29) is 13.2 Å². The van der Waals surface area contributed by atoms with Gasteiger partial charge in [0, 0.05) is 13.2 Å². The maximum atomic E-state index is 9.53. The Morgan fingerprint density at radius 2 is 1.19 bits per heavy atom. The maximum Gasteiger partial charge on any atom is 0.114 e. The van der Waals surface area contributed by atoms with Crippen LogP contribution in [0.3, 0.4) is 0 Å². The predicted molar refractivity (Wildman–Crippen MR) is 51.5 cm³/mol. The van der Waals surface area contributed by atoms with E-state index in [2.05, 4.69) is 0 Å². The first-order valence-electron chi connectivity index (χ1n) is 5.13. The largest absolute Gasteiger partial charge is 0.396 e. The molecule has 7 heteroatoms. The summed E-state index contributed by atoms with van der Waals surface area (Å²) >= 11 is 0. The smallest absolute Gasteiger partial charge is 0.114 e. The van der Waals surface area contributed by atoms with Crippen LogP contribution in [-0.2, 0) is 4.74 Å². The van der Waals surface area contributed by atoms with Gasteiger partial charge in [0.2, 0.25) is 0 Å². The lowest BCUT2D eigenvalue weighted by atomic mass is 9.85. The van der Waals surface area contributed by atoms with Crippen molar-refractivity contribution in [1.29, 1.82) is 0 Å². The summed E-state index contributed by atoms with van der Waals surface area (Å²) in [7, 11) is 0. The van der Waals surface area contributed by atoms with E-state index in [1.807, 2.05) is 0 Å². The Balaban J connectivity index is 2.60. The summed E-state index contributed by atoms with van der Waals surface area (Å²) in [4.78, 5) is 0. The van der Waals surface area contributed by atoms with Crippen molar-refractivity contribution in [3.05, 3.63) is 0 Å². The van der Waals surface area contributed by atoms with E-state index in [0.29, 0.717) is 6.42 Å². The summed E-state index contributed by atoms with van der Waals surface area (Å²) in [5.41, 5.74) is 0. The Morgan fingerprint density at radius 1 is 0.750 bits per heavy atom. The van der Waals surface area contributed by atoms with Gasteiger partial charge in [0.25, 0.3) is 0 Å². The Labute approximate surface area is 92.5 Å². The standard InChI is InChI=1S/C9H18O7/c10-2-1-3-16-9-7(14)5(12)4(11)6(13)8(9)15/h4-15H,1-3H2/t4-,5?,6?,7?,8?,9+. The normalized spacial score (nSPS) is 44.6. The second kappa shape index (κ2) is 5.87. The number of aliphatic hydroxyl groups excluding tert-OH is 6. The fourth-order valence-corrected chi connectivity index (χ4v) is 1.68. The van der Waals surface area contributed by atoms with Crippen LogP contribution >= 0.6 is 0 Å². The lowest BCUT2D eigenvalue weighted by Crippen LogP contribution is -2.64. The molecule has 0 aromatic carbocycles. The Morgan fingerprint density at radius 3 is 1.62 bits per heavy atom. The number of hydrogen-bond donors (Lipinski definition) is 6. The van der Waals surface area contributed by atoms with Gasteiger partial charge in [0.1, 0.15) is 36.6 Å². The van der Waals surface area contributed by atoms with E-state index >= 15 is 0 Å². The van der Waals surface area contributed by atoms with E-state index < -0.39 is 36.6 Å². The van der Waals surface area contributed by atoms with Crippen LogP contribution in [0.2, 0.25) is 0 Å². The van der Waals surface area contributed by atoms with Gasteiger partial charge in [0.05, 0.1) is 0 Å².